The Morgan fingerprint density at radius 2 is 1.87 bits per heavy atom. The van der Waals surface area contributed by atoms with Crippen LogP contribution in [0, 0.1) is 0 Å². The van der Waals surface area contributed by atoms with E-state index in [0.717, 1.165) is 24.3 Å². The molecule has 3 rings (SSSR count). The Kier molecular flexibility index (Phi) is 6.71. The number of aromatic nitrogens is 5. The van der Waals surface area contributed by atoms with Gasteiger partial charge in [-0.15, -0.1) is 5.10 Å². The molecule has 9 heteroatoms. The Morgan fingerprint density at radius 3 is 2.47 bits per heavy atom. The fourth-order valence-electron chi connectivity index (χ4n) is 3.18. The number of fused-ring (bicyclic) bond motifs is 1. The van der Waals surface area contributed by atoms with Gasteiger partial charge in [0.25, 0.3) is 0 Å². The van der Waals surface area contributed by atoms with Gasteiger partial charge in [0.1, 0.15) is 5.75 Å². The summed E-state index contributed by atoms with van der Waals surface area (Å²) in [5.41, 5.74) is 2.14. The van der Waals surface area contributed by atoms with Crippen molar-refractivity contribution in [3.05, 3.63) is 29.8 Å². The second kappa shape index (κ2) is 9.25. The molecule has 0 amide bonds. The highest BCUT2D eigenvalue weighted by Crippen LogP contribution is 2.25. The van der Waals surface area contributed by atoms with Gasteiger partial charge in [-0.3, -0.25) is 0 Å². The van der Waals surface area contributed by atoms with Gasteiger partial charge in [-0.05, 0) is 44.9 Å². The van der Waals surface area contributed by atoms with Gasteiger partial charge in [0, 0.05) is 18.6 Å². The smallest absolute Gasteiger partial charge is 0.227 e. The van der Waals surface area contributed by atoms with Crippen LogP contribution >= 0.6 is 0 Å². The number of ether oxygens (including phenoxy) is 1. The maximum Gasteiger partial charge on any atom is 0.227 e. The van der Waals surface area contributed by atoms with Crippen LogP contribution in [0.3, 0.4) is 0 Å². The lowest BCUT2D eigenvalue weighted by atomic mass is 10.1. The summed E-state index contributed by atoms with van der Waals surface area (Å²) >= 11 is 0. The van der Waals surface area contributed by atoms with Crippen LogP contribution in [0.4, 0.5) is 11.8 Å². The monoisotopic (exact) mass is 413 g/mol. The molecule has 0 aliphatic carbocycles. The molecule has 0 spiro atoms. The first kappa shape index (κ1) is 21.8. The maximum atomic E-state index is 9.54. The van der Waals surface area contributed by atoms with E-state index in [1.54, 1.807) is 11.8 Å². The highest BCUT2D eigenvalue weighted by molar-refractivity contribution is 5.84. The summed E-state index contributed by atoms with van der Waals surface area (Å²) in [7, 11) is 1.65. The summed E-state index contributed by atoms with van der Waals surface area (Å²) in [6.45, 7) is 10.1. The van der Waals surface area contributed by atoms with Crippen LogP contribution in [0.15, 0.2) is 24.3 Å². The zero-order valence-electron chi connectivity index (χ0n) is 18.4. The lowest BCUT2D eigenvalue weighted by molar-refractivity contribution is 0.301. The molecule has 0 radical (unpaired) electrons. The lowest BCUT2D eigenvalue weighted by Gasteiger charge is -2.25. The van der Waals surface area contributed by atoms with E-state index >= 15 is 0 Å². The van der Waals surface area contributed by atoms with Gasteiger partial charge in [0.15, 0.2) is 17.0 Å². The summed E-state index contributed by atoms with van der Waals surface area (Å²) in [5.74, 6) is 2.01. The highest BCUT2D eigenvalue weighted by Gasteiger charge is 2.21. The van der Waals surface area contributed by atoms with E-state index in [1.807, 2.05) is 29.2 Å². The molecule has 0 saturated carbocycles. The van der Waals surface area contributed by atoms with Gasteiger partial charge in [-0.1, -0.05) is 24.3 Å². The quantitative estimate of drug-likeness (QED) is 0.552. The van der Waals surface area contributed by atoms with Gasteiger partial charge in [0.05, 0.1) is 20.3 Å². The van der Waals surface area contributed by atoms with Gasteiger partial charge < -0.3 is 20.1 Å². The number of nitrogens with one attached hydrogen (secondary N) is 1. The topological polar surface area (TPSA) is 101 Å². The number of hydrogen-bond acceptors (Lipinski definition) is 8. The van der Waals surface area contributed by atoms with Crippen LogP contribution in [0.1, 0.15) is 39.7 Å². The summed E-state index contributed by atoms with van der Waals surface area (Å²) in [5, 5.41) is 21.6. The Bertz CT molecular complexity index is 958. The molecule has 3 aromatic rings. The molecule has 162 valence electrons. The van der Waals surface area contributed by atoms with E-state index in [4.69, 9.17) is 14.7 Å². The molecule has 30 heavy (non-hydrogen) atoms. The van der Waals surface area contributed by atoms with E-state index in [0.29, 0.717) is 36.0 Å². The van der Waals surface area contributed by atoms with Gasteiger partial charge in [-0.2, -0.15) is 9.97 Å². The number of benzene rings is 1. The minimum Gasteiger partial charge on any atom is -0.497 e. The number of rotatable bonds is 9. The van der Waals surface area contributed by atoms with E-state index in [2.05, 4.69) is 43.3 Å². The van der Waals surface area contributed by atoms with Crippen molar-refractivity contribution in [3.8, 4) is 5.75 Å². The van der Waals surface area contributed by atoms with Crippen LogP contribution in [-0.4, -0.2) is 62.4 Å². The predicted octanol–water partition coefficient (Wildman–Crippen LogP) is 2.70. The molecule has 0 aliphatic rings. The second-order valence-electron chi connectivity index (χ2n) is 8.22. The molecule has 2 N–H and O–H groups in total. The number of nitrogens with zero attached hydrogens (tertiary/aromatic N) is 6. The zero-order chi connectivity index (χ0) is 21.7. The lowest BCUT2D eigenvalue weighted by Crippen LogP contribution is -2.31. The van der Waals surface area contributed by atoms with E-state index < -0.39 is 0 Å². The molecule has 0 atom stereocenters. The molecule has 0 aliphatic heterocycles. The van der Waals surface area contributed by atoms with Gasteiger partial charge in [0.2, 0.25) is 5.95 Å². The van der Waals surface area contributed by atoms with Crippen molar-refractivity contribution in [1.29, 1.82) is 0 Å². The van der Waals surface area contributed by atoms with Crippen LogP contribution in [0.25, 0.3) is 11.2 Å². The summed E-state index contributed by atoms with van der Waals surface area (Å²) in [6.07, 6.45) is 0.924. The van der Waals surface area contributed by atoms with Crippen molar-refractivity contribution in [2.45, 2.75) is 46.2 Å². The van der Waals surface area contributed by atoms with Crippen LogP contribution < -0.4 is 15.0 Å². The average Bonchev–Trinajstić information content (AvgIpc) is 3.09. The number of methoxy groups -OCH3 is 1. The van der Waals surface area contributed by atoms with Crippen molar-refractivity contribution in [2.75, 3.05) is 37.0 Å². The maximum absolute atomic E-state index is 9.54. The zero-order valence-corrected chi connectivity index (χ0v) is 18.4. The highest BCUT2D eigenvalue weighted by atomic mass is 16.5. The molecule has 0 bridgehead atoms. The Morgan fingerprint density at radius 1 is 1.13 bits per heavy atom. The number of hydrogen-bond donors (Lipinski definition) is 2. The number of anilines is 2. The third-order valence-electron chi connectivity index (χ3n) is 4.49. The van der Waals surface area contributed by atoms with E-state index in [9.17, 15) is 5.11 Å². The van der Waals surface area contributed by atoms with Gasteiger partial charge >= 0.3 is 0 Å². The first-order chi connectivity index (χ1) is 14.3. The molecule has 9 nitrogen and oxygen atoms in total. The van der Waals surface area contributed by atoms with Crippen molar-refractivity contribution in [2.24, 2.45) is 0 Å². The third kappa shape index (κ3) is 5.15. The SMILES string of the molecule is CCCN(CCO)c1nc(NC(C)(C)C)nc2c1nnn2Cc1ccc(OC)cc1. The summed E-state index contributed by atoms with van der Waals surface area (Å²) in [4.78, 5) is 11.5. The molecule has 0 unspecified atom stereocenters. The van der Waals surface area contributed by atoms with Gasteiger partial charge in [-0.25, -0.2) is 4.68 Å². The minimum atomic E-state index is -0.203. The van der Waals surface area contributed by atoms with Crippen LogP contribution in [0.2, 0.25) is 0 Å². The molecule has 0 fully saturated rings. The fourth-order valence-corrected chi connectivity index (χ4v) is 3.18. The van der Waals surface area contributed by atoms with Crippen molar-refractivity contribution in [3.63, 3.8) is 0 Å². The average molecular weight is 414 g/mol. The molecule has 1 aromatic carbocycles. The Labute approximate surface area is 177 Å². The number of aliphatic hydroxyl groups is 1. The first-order valence-electron chi connectivity index (χ1n) is 10.2. The third-order valence-corrected chi connectivity index (χ3v) is 4.49. The summed E-state index contributed by atoms with van der Waals surface area (Å²) in [6, 6.07) is 7.84. The molecule has 2 heterocycles. The first-order valence-corrected chi connectivity index (χ1v) is 10.2. The molecular weight excluding hydrogens is 382 g/mol. The van der Waals surface area contributed by atoms with Crippen molar-refractivity contribution >= 4 is 22.9 Å². The van der Waals surface area contributed by atoms with Crippen LogP contribution in [0.5, 0.6) is 5.75 Å². The normalized spacial score (nSPS) is 11.7. The molecule has 0 saturated heterocycles. The minimum absolute atomic E-state index is 0.0352. The van der Waals surface area contributed by atoms with E-state index in [-0.39, 0.29) is 12.1 Å². The summed E-state index contributed by atoms with van der Waals surface area (Å²) < 4.78 is 7.01. The predicted molar refractivity (Wildman–Crippen MR) is 118 cm³/mol. The molecule has 2 aromatic heterocycles. The standard InChI is InChI=1S/C21H31N7O2/c1-6-11-27(12-13-29)18-17-19(23-20(22-18)24-21(2,3)4)28(26-25-17)14-15-7-9-16(30-5)10-8-15/h7-10,29H,6,11-14H2,1-5H3,(H,22,23,24). The Balaban J connectivity index is 2.06. The van der Waals surface area contributed by atoms with Crippen LogP contribution in [-0.2, 0) is 6.54 Å². The van der Waals surface area contributed by atoms with Crippen molar-refractivity contribution < 1.29 is 9.84 Å². The Hall–Kier alpha value is -2.94. The molecular formula is C21H31N7O2. The largest absolute Gasteiger partial charge is 0.497 e. The second-order valence-corrected chi connectivity index (χ2v) is 8.22. The number of aliphatic hydroxyl groups excluding tert-OH is 1. The van der Waals surface area contributed by atoms with Crippen molar-refractivity contribution in [1.82, 2.24) is 25.0 Å². The fraction of sp³-hybridized carbons (Fsp3) is 0.524. The van der Waals surface area contributed by atoms with E-state index in [1.165, 1.54) is 0 Å².